The van der Waals surface area contributed by atoms with Gasteiger partial charge in [0.05, 0.1) is 0 Å². The third-order valence-electron chi connectivity index (χ3n) is 1.69. The normalized spacial score (nSPS) is 13.1. The van der Waals surface area contributed by atoms with Crippen molar-refractivity contribution in [3.63, 3.8) is 0 Å². The number of benzene rings is 1. The van der Waals surface area contributed by atoms with E-state index in [0.29, 0.717) is 5.56 Å². The van der Waals surface area contributed by atoms with Crippen LogP contribution in [0, 0.1) is 12.7 Å². The standard InChI is InChI=1S/C9H11FS/c1-6-4-3-5-8(10)9(6)7(2)11/h3-5,7,11H,1-2H3. The van der Waals surface area contributed by atoms with Gasteiger partial charge >= 0.3 is 0 Å². The summed E-state index contributed by atoms with van der Waals surface area (Å²) in [6.07, 6.45) is 0. The summed E-state index contributed by atoms with van der Waals surface area (Å²) in [6.45, 7) is 3.76. The summed E-state index contributed by atoms with van der Waals surface area (Å²) < 4.78 is 13.1. The lowest BCUT2D eigenvalue weighted by Gasteiger charge is -2.08. The van der Waals surface area contributed by atoms with Crippen molar-refractivity contribution in [2.24, 2.45) is 0 Å². The van der Waals surface area contributed by atoms with Crippen LogP contribution in [0.15, 0.2) is 18.2 Å². The molecule has 1 unspecified atom stereocenters. The number of hydrogen-bond donors (Lipinski definition) is 1. The first-order chi connectivity index (χ1) is 5.13. The van der Waals surface area contributed by atoms with E-state index >= 15 is 0 Å². The van der Waals surface area contributed by atoms with Crippen LogP contribution in [0.5, 0.6) is 0 Å². The van der Waals surface area contributed by atoms with Gasteiger partial charge in [0, 0.05) is 10.8 Å². The molecule has 0 radical (unpaired) electrons. The first-order valence-electron chi connectivity index (χ1n) is 3.56. The maximum Gasteiger partial charge on any atom is 0.127 e. The molecule has 0 aliphatic carbocycles. The minimum atomic E-state index is -0.160. The fraction of sp³-hybridized carbons (Fsp3) is 0.333. The number of rotatable bonds is 1. The summed E-state index contributed by atoms with van der Waals surface area (Å²) in [5.41, 5.74) is 1.67. The van der Waals surface area contributed by atoms with E-state index in [1.54, 1.807) is 6.07 Å². The van der Waals surface area contributed by atoms with Crippen molar-refractivity contribution in [3.8, 4) is 0 Å². The van der Waals surface area contributed by atoms with Gasteiger partial charge in [-0.1, -0.05) is 12.1 Å². The van der Waals surface area contributed by atoms with Gasteiger partial charge in [-0.3, -0.25) is 0 Å². The molecule has 0 bridgehead atoms. The molecule has 11 heavy (non-hydrogen) atoms. The van der Waals surface area contributed by atoms with E-state index in [-0.39, 0.29) is 11.1 Å². The molecule has 0 fully saturated rings. The van der Waals surface area contributed by atoms with Crippen molar-refractivity contribution < 1.29 is 4.39 Å². The molecule has 0 nitrogen and oxygen atoms in total. The molecule has 1 rings (SSSR count). The smallest absolute Gasteiger partial charge is 0.127 e. The van der Waals surface area contributed by atoms with Crippen LogP contribution in [0.3, 0.4) is 0 Å². The van der Waals surface area contributed by atoms with E-state index in [0.717, 1.165) is 5.56 Å². The van der Waals surface area contributed by atoms with Gasteiger partial charge in [-0.2, -0.15) is 12.6 Å². The van der Waals surface area contributed by atoms with Crippen LogP contribution < -0.4 is 0 Å². The molecular formula is C9H11FS. The zero-order valence-corrected chi connectivity index (χ0v) is 7.53. The molecule has 0 saturated carbocycles. The van der Waals surface area contributed by atoms with Crippen LogP contribution >= 0.6 is 12.6 Å². The Balaban J connectivity index is 3.21. The fourth-order valence-electron chi connectivity index (χ4n) is 1.17. The molecule has 0 N–H and O–H groups in total. The summed E-state index contributed by atoms with van der Waals surface area (Å²) in [5.74, 6) is -0.160. The zero-order valence-electron chi connectivity index (χ0n) is 6.63. The fourth-order valence-corrected chi connectivity index (χ4v) is 1.50. The van der Waals surface area contributed by atoms with E-state index in [1.165, 1.54) is 6.07 Å². The maximum atomic E-state index is 13.1. The SMILES string of the molecule is Cc1cccc(F)c1C(C)S. The summed E-state index contributed by atoms with van der Waals surface area (Å²) in [7, 11) is 0. The van der Waals surface area contributed by atoms with E-state index < -0.39 is 0 Å². The van der Waals surface area contributed by atoms with Crippen molar-refractivity contribution in [2.75, 3.05) is 0 Å². The molecule has 0 spiro atoms. The van der Waals surface area contributed by atoms with Crippen LogP contribution in [0.25, 0.3) is 0 Å². The molecule has 2 heteroatoms. The highest BCUT2D eigenvalue weighted by Crippen LogP contribution is 2.24. The number of halogens is 1. The predicted molar refractivity (Wildman–Crippen MR) is 48.5 cm³/mol. The summed E-state index contributed by atoms with van der Waals surface area (Å²) in [4.78, 5) is 0. The van der Waals surface area contributed by atoms with Crippen LogP contribution in [0.1, 0.15) is 23.3 Å². The lowest BCUT2D eigenvalue weighted by atomic mass is 10.1. The number of hydrogen-bond acceptors (Lipinski definition) is 1. The maximum absolute atomic E-state index is 13.1. The Kier molecular flexibility index (Phi) is 2.55. The second-order valence-corrected chi connectivity index (χ2v) is 3.42. The molecule has 0 aliphatic rings. The van der Waals surface area contributed by atoms with Gasteiger partial charge in [0.15, 0.2) is 0 Å². The lowest BCUT2D eigenvalue weighted by molar-refractivity contribution is 0.609. The molecule has 0 saturated heterocycles. The summed E-state index contributed by atoms with van der Waals surface area (Å²) in [5, 5.41) is -0.0313. The highest BCUT2D eigenvalue weighted by atomic mass is 32.1. The van der Waals surface area contributed by atoms with Gasteiger partial charge in [0.2, 0.25) is 0 Å². The first kappa shape index (κ1) is 8.60. The second-order valence-electron chi connectivity index (χ2n) is 2.65. The van der Waals surface area contributed by atoms with Crippen molar-refractivity contribution >= 4 is 12.6 Å². The largest absolute Gasteiger partial charge is 0.207 e. The van der Waals surface area contributed by atoms with E-state index in [9.17, 15) is 4.39 Å². The van der Waals surface area contributed by atoms with Gasteiger partial charge < -0.3 is 0 Å². The number of thiol groups is 1. The van der Waals surface area contributed by atoms with Crippen LogP contribution in [-0.2, 0) is 0 Å². The Labute approximate surface area is 71.8 Å². The van der Waals surface area contributed by atoms with Gasteiger partial charge in [0.1, 0.15) is 5.82 Å². The Morgan fingerprint density at radius 2 is 2.09 bits per heavy atom. The third-order valence-corrected chi connectivity index (χ3v) is 1.95. The monoisotopic (exact) mass is 170 g/mol. The molecule has 0 aromatic heterocycles. The average Bonchev–Trinajstić information content (AvgIpc) is 1.85. The van der Waals surface area contributed by atoms with Crippen LogP contribution in [-0.4, -0.2) is 0 Å². The highest BCUT2D eigenvalue weighted by Gasteiger charge is 2.08. The molecule has 0 aliphatic heterocycles. The zero-order chi connectivity index (χ0) is 8.43. The molecule has 1 aromatic carbocycles. The third kappa shape index (κ3) is 1.74. The topological polar surface area (TPSA) is 0 Å². The molecule has 1 atom stereocenters. The molecule has 0 amide bonds. The van der Waals surface area contributed by atoms with Crippen molar-refractivity contribution in [3.05, 3.63) is 35.1 Å². The minimum Gasteiger partial charge on any atom is -0.207 e. The Hall–Kier alpha value is -0.500. The molecular weight excluding hydrogens is 159 g/mol. The first-order valence-corrected chi connectivity index (χ1v) is 4.07. The molecule has 60 valence electrons. The average molecular weight is 170 g/mol. The quantitative estimate of drug-likeness (QED) is 0.615. The minimum absolute atomic E-state index is 0.0313. The Morgan fingerprint density at radius 1 is 1.45 bits per heavy atom. The van der Waals surface area contributed by atoms with Crippen molar-refractivity contribution in [2.45, 2.75) is 19.1 Å². The van der Waals surface area contributed by atoms with Crippen LogP contribution in [0.4, 0.5) is 4.39 Å². The van der Waals surface area contributed by atoms with Crippen molar-refractivity contribution in [1.82, 2.24) is 0 Å². The molecule has 0 heterocycles. The predicted octanol–water partition coefficient (Wildman–Crippen LogP) is 3.12. The lowest BCUT2D eigenvalue weighted by Crippen LogP contribution is -1.93. The van der Waals surface area contributed by atoms with Gasteiger partial charge in [-0.15, -0.1) is 0 Å². The summed E-state index contributed by atoms with van der Waals surface area (Å²) >= 11 is 4.19. The summed E-state index contributed by atoms with van der Waals surface area (Å²) in [6, 6.07) is 5.07. The Bertz CT molecular complexity index is 235. The molecule has 1 aromatic rings. The highest BCUT2D eigenvalue weighted by molar-refractivity contribution is 7.80. The van der Waals surface area contributed by atoms with E-state index in [1.807, 2.05) is 19.9 Å². The number of aryl methyl sites for hydroxylation is 1. The van der Waals surface area contributed by atoms with Gasteiger partial charge in [-0.25, -0.2) is 4.39 Å². The van der Waals surface area contributed by atoms with Crippen molar-refractivity contribution in [1.29, 1.82) is 0 Å². The second kappa shape index (κ2) is 3.26. The van der Waals surface area contributed by atoms with E-state index in [4.69, 9.17) is 0 Å². The van der Waals surface area contributed by atoms with Gasteiger partial charge in [0.25, 0.3) is 0 Å². The van der Waals surface area contributed by atoms with Crippen LogP contribution in [0.2, 0.25) is 0 Å². The Morgan fingerprint density at radius 3 is 2.45 bits per heavy atom. The van der Waals surface area contributed by atoms with E-state index in [2.05, 4.69) is 12.6 Å². The van der Waals surface area contributed by atoms with Gasteiger partial charge in [-0.05, 0) is 25.5 Å².